The molecule has 4 aromatic rings. The number of carbonyl (C=O) groups excluding carboxylic acids is 1. The van der Waals surface area contributed by atoms with Gasteiger partial charge in [0.25, 0.3) is 5.91 Å². The van der Waals surface area contributed by atoms with E-state index >= 15 is 0 Å². The Morgan fingerprint density at radius 1 is 0.906 bits per heavy atom. The normalized spacial score (nSPS) is 11.8. The summed E-state index contributed by atoms with van der Waals surface area (Å²) in [6.45, 7) is 1.01. The lowest BCUT2D eigenvalue weighted by Gasteiger charge is -2.09. The van der Waals surface area contributed by atoms with Crippen LogP contribution in [0.15, 0.2) is 53.5 Å². The fourth-order valence-electron chi connectivity index (χ4n) is 3.58. The van der Waals surface area contributed by atoms with Gasteiger partial charge in [-0.3, -0.25) is 4.79 Å². The monoisotopic (exact) mass is 452 g/mol. The second-order valence-electron chi connectivity index (χ2n) is 7.02. The van der Waals surface area contributed by atoms with E-state index in [0.29, 0.717) is 40.8 Å². The minimum Gasteiger partial charge on any atom is -0.496 e. The molecule has 0 aliphatic heterocycles. The number of rotatable bonds is 7. The molecule has 0 saturated heterocycles. The van der Waals surface area contributed by atoms with Gasteiger partial charge < -0.3 is 23.5 Å². The molecule has 0 aliphatic carbocycles. The van der Waals surface area contributed by atoms with Crippen molar-refractivity contribution in [2.24, 2.45) is 4.99 Å². The Morgan fingerprint density at radius 2 is 1.56 bits per heavy atom. The van der Waals surface area contributed by atoms with Crippen molar-refractivity contribution in [3.05, 3.63) is 58.9 Å². The lowest BCUT2D eigenvalue weighted by molar-refractivity contribution is 0.0994. The Labute approximate surface area is 189 Å². The summed E-state index contributed by atoms with van der Waals surface area (Å²) in [6.07, 6.45) is 0. The number of benzene rings is 3. The van der Waals surface area contributed by atoms with Crippen LogP contribution in [0.4, 0.5) is 0 Å². The summed E-state index contributed by atoms with van der Waals surface area (Å²) in [5.41, 5.74) is 1.30. The van der Waals surface area contributed by atoms with Crippen LogP contribution in [0, 0.1) is 0 Å². The number of ether oxygens (including phenoxy) is 4. The van der Waals surface area contributed by atoms with Gasteiger partial charge in [-0.15, -0.1) is 0 Å². The van der Waals surface area contributed by atoms with Crippen molar-refractivity contribution < 1.29 is 23.7 Å². The molecule has 1 heterocycles. The highest BCUT2D eigenvalue weighted by Gasteiger charge is 2.16. The number of hydrogen-bond donors (Lipinski definition) is 0. The van der Waals surface area contributed by atoms with Crippen LogP contribution in [0.2, 0.25) is 0 Å². The van der Waals surface area contributed by atoms with Gasteiger partial charge in [-0.05, 0) is 22.9 Å². The highest BCUT2D eigenvalue weighted by atomic mass is 32.1. The fraction of sp³-hybridized carbons (Fsp3) is 0.250. The molecule has 32 heavy (non-hydrogen) atoms. The second-order valence-corrected chi connectivity index (χ2v) is 8.03. The maximum Gasteiger partial charge on any atom is 0.283 e. The van der Waals surface area contributed by atoms with E-state index in [1.54, 1.807) is 28.4 Å². The first-order valence-electron chi connectivity index (χ1n) is 9.99. The largest absolute Gasteiger partial charge is 0.496 e. The number of methoxy groups -OCH3 is 4. The van der Waals surface area contributed by atoms with Gasteiger partial charge in [0.1, 0.15) is 5.75 Å². The van der Waals surface area contributed by atoms with Crippen molar-refractivity contribution in [3.8, 4) is 17.2 Å². The molecule has 0 aliphatic rings. The molecular formula is C24H24N2O5S. The minimum atomic E-state index is -0.371. The van der Waals surface area contributed by atoms with Crippen LogP contribution in [-0.2, 0) is 11.3 Å². The van der Waals surface area contributed by atoms with Crippen LogP contribution >= 0.6 is 11.3 Å². The SMILES string of the molecule is COCCn1c(=NC(=O)c2cc3ccccc3cc2OC)sc2cc(OC)c(OC)cc21. The molecule has 0 N–H and O–H groups in total. The number of carbonyl (C=O) groups is 1. The molecule has 0 spiro atoms. The molecule has 0 unspecified atom stereocenters. The van der Waals surface area contributed by atoms with E-state index < -0.39 is 0 Å². The number of aromatic nitrogens is 1. The van der Waals surface area contributed by atoms with Crippen molar-refractivity contribution in [2.75, 3.05) is 35.0 Å². The molecular weight excluding hydrogens is 428 g/mol. The number of fused-ring (bicyclic) bond motifs is 2. The third-order valence-electron chi connectivity index (χ3n) is 5.20. The zero-order valence-corrected chi connectivity index (χ0v) is 19.2. The second kappa shape index (κ2) is 9.42. The molecule has 0 saturated carbocycles. The number of hydrogen-bond acceptors (Lipinski definition) is 6. The first-order valence-corrected chi connectivity index (χ1v) is 10.8. The molecule has 3 aromatic carbocycles. The third kappa shape index (κ3) is 4.06. The van der Waals surface area contributed by atoms with Gasteiger partial charge in [0.15, 0.2) is 16.3 Å². The lowest BCUT2D eigenvalue weighted by Crippen LogP contribution is -2.19. The van der Waals surface area contributed by atoms with E-state index in [2.05, 4.69) is 4.99 Å². The average Bonchev–Trinajstić information content (AvgIpc) is 3.16. The Bertz CT molecular complexity index is 1360. The zero-order valence-electron chi connectivity index (χ0n) is 18.4. The third-order valence-corrected chi connectivity index (χ3v) is 6.24. The van der Waals surface area contributed by atoms with Gasteiger partial charge in [-0.25, -0.2) is 0 Å². The van der Waals surface area contributed by atoms with Gasteiger partial charge in [0.05, 0.1) is 43.7 Å². The van der Waals surface area contributed by atoms with Crippen LogP contribution in [0.3, 0.4) is 0 Å². The van der Waals surface area contributed by atoms with Crippen molar-refractivity contribution in [1.29, 1.82) is 0 Å². The quantitative estimate of drug-likeness (QED) is 0.419. The average molecular weight is 453 g/mol. The molecule has 0 radical (unpaired) electrons. The number of thiazole rings is 1. The van der Waals surface area contributed by atoms with E-state index in [9.17, 15) is 4.79 Å². The number of amides is 1. The summed E-state index contributed by atoms with van der Waals surface area (Å²) in [5, 5.41) is 1.95. The maximum atomic E-state index is 13.3. The summed E-state index contributed by atoms with van der Waals surface area (Å²) < 4.78 is 24.5. The standard InChI is InChI=1S/C24H24N2O5S/c1-28-10-9-26-18-13-20(30-3)21(31-4)14-22(18)32-24(26)25-23(27)17-11-15-7-5-6-8-16(15)12-19(17)29-2/h5-8,11-14H,9-10H2,1-4H3. The first kappa shape index (κ1) is 21.9. The smallest absolute Gasteiger partial charge is 0.283 e. The van der Waals surface area contributed by atoms with Crippen LogP contribution in [0.25, 0.3) is 21.0 Å². The van der Waals surface area contributed by atoms with E-state index in [1.807, 2.05) is 53.1 Å². The van der Waals surface area contributed by atoms with Crippen LogP contribution in [-0.4, -0.2) is 45.5 Å². The van der Waals surface area contributed by atoms with Gasteiger partial charge in [-0.1, -0.05) is 35.6 Å². The molecule has 0 atom stereocenters. The Balaban J connectivity index is 1.89. The van der Waals surface area contributed by atoms with Gasteiger partial charge >= 0.3 is 0 Å². The maximum absolute atomic E-state index is 13.3. The molecule has 8 heteroatoms. The van der Waals surface area contributed by atoms with Gasteiger partial charge in [0.2, 0.25) is 0 Å². The Kier molecular flexibility index (Phi) is 6.43. The Morgan fingerprint density at radius 3 is 2.22 bits per heavy atom. The van der Waals surface area contributed by atoms with Crippen molar-refractivity contribution in [2.45, 2.75) is 6.54 Å². The molecule has 4 rings (SSSR count). The predicted octanol–water partition coefficient (Wildman–Crippen LogP) is 4.27. The molecule has 0 fully saturated rings. The van der Waals surface area contributed by atoms with E-state index in [4.69, 9.17) is 18.9 Å². The summed E-state index contributed by atoms with van der Waals surface area (Å²) in [4.78, 5) is 18.3. The molecule has 1 amide bonds. The van der Waals surface area contributed by atoms with E-state index in [-0.39, 0.29) is 5.91 Å². The minimum absolute atomic E-state index is 0.371. The van der Waals surface area contributed by atoms with Crippen LogP contribution < -0.4 is 19.0 Å². The number of nitrogens with zero attached hydrogens (tertiary/aromatic N) is 2. The molecule has 166 valence electrons. The molecule has 1 aromatic heterocycles. The Hall–Kier alpha value is -3.36. The highest BCUT2D eigenvalue weighted by molar-refractivity contribution is 7.16. The summed E-state index contributed by atoms with van der Waals surface area (Å²) in [6, 6.07) is 15.3. The van der Waals surface area contributed by atoms with E-state index in [1.165, 1.54) is 11.3 Å². The topological polar surface area (TPSA) is 71.3 Å². The van der Waals surface area contributed by atoms with Crippen molar-refractivity contribution in [1.82, 2.24) is 4.57 Å². The van der Waals surface area contributed by atoms with Crippen LogP contribution in [0.5, 0.6) is 17.2 Å². The van der Waals surface area contributed by atoms with E-state index in [0.717, 1.165) is 21.0 Å². The fourth-order valence-corrected chi connectivity index (χ4v) is 4.65. The summed E-state index contributed by atoms with van der Waals surface area (Å²) >= 11 is 1.41. The summed E-state index contributed by atoms with van der Waals surface area (Å²) in [5.74, 6) is 1.35. The molecule has 7 nitrogen and oxygen atoms in total. The predicted molar refractivity (Wildman–Crippen MR) is 125 cm³/mol. The van der Waals surface area contributed by atoms with Crippen molar-refractivity contribution >= 4 is 38.2 Å². The zero-order chi connectivity index (χ0) is 22.7. The summed E-state index contributed by atoms with van der Waals surface area (Å²) in [7, 11) is 6.38. The van der Waals surface area contributed by atoms with Crippen molar-refractivity contribution in [3.63, 3.8) is 0 Å². The lowest BCUT2D eigenvalue weighted by atomic mass is 10.1. The van der Waals surface area contributed by atoms with Gasteiger partial charge in [0, 0.05) is 25.8 Å². The van der Waals surface area contributed by atoms with Gasteiger partial charge in [-0.2, -0.15) is 4.99 Å². The van der Waals surface area contributed by atoms with Crippen LogP contribution in [0.1, 0.15) is 10.4 Å². The first-order chi connectivity index (χ1) is 15.6. The highest BCUT2D eigenvalue weighted by Crippen LogP contribution is 2.33. The molecule has 0 bridgehead atoms.